The number of aliphatic hydroxyl groups excluding tert-OH is 1. The van der Waals surface area contributed by atoms with Crippen LogP contribution in [0.3, 0.4) is 0 Å². The Bertz CT molecular complexity index is 767. The van der Waals surface area contributed by atoms with Crippen molar-refractivity contribution in [2.45, 2.75) is 59.3 Å². The van der Waals surface area contributed by atoms with E-state index in [-0.39, 0.29) is 22.9 Å². The monoisotopic (exact) mass is 391 g/mol. The Labute approximate surface area is 164 Å². The fourth-order valence-electron chi connectivity index (χ4n) is 6.96. The standard InChI is InChI=1S/C21H28O3.HNO3/c1-12(22)16-6-7-17-15-5-4-13-10-14(23)11-19(24)21(13,3)18(15)8-9-20(16,17)2;2-1(3)4/h10-11,15-18,23H,4-9H2,1-3H3;(H,2,3,4)/t15-,16+,17-,18-,20+,21-;/m0./s1. The van der Waals surface area contributed by atoms with Crippen LogP contribution in [0.25, 0.3) is 0 Å². The maximum absolute atomic E-state index is 12.8. The lowest BCUT2D eigenvalue weighted by molar-refractivity contribution is -0.742. The molecule has 154 valence electrons. The zero-order valence-corrected chi connectivity index (χ0v) is 16.7. The van der Waals surface area contributed by atoms with Crippen LogP contribution in [0.1, 0.15) is 59.3 Å². The van der Waals surface area contributed by atoms with E-state index in [1.54, 1.807) is 6.92 Å². The summed E-state index contributed by atoms with van der Waals surface area (Å²) in [7, 11) is 0. The third-order valence-corrected chi connectivity index (χ3v) is 8.20. The number of ketones is 2. The summed E-state index contributed by atoms with van der Waals surface area (Å²) in [5, 5.41) is 23.5. The van der Waals surface area contributed by atoms with Crippen molar-refractivity contribution in [1.29, 1.82) is 0 Å². The average Bonchev–Trinajstić information content (AvgIpc) is 2.93. The molecule has 0 amide bonds. The average molecular weight is 391 g/mol. The Kier molecular flexibility index (Phi) is 5.15. The number of hydrogen-bond donors (Lipinski definition) is 2. The lowest BCUT2D eigenvalue weighted by Crippen LogP contribution is -2.53. The Morgan fingerprint density at radius 1 is 1.18 bits per heavy atom. The van der Waals surface area contributed by atoms with Gasteiger partial charge in [0.15, 0.2) is 5.78 Å². The number of allylic oxidation sites excluding steroid dienone is 3. The first-order valence-corrected chi connectivity index (χ1v) is 10.0. The van der Waals surface area contributed by atoms with Gasteiger partial charge in [-0.05, 0) is 81.6 Å². The fourth-order valence-corrected chi connectivity index (χ4v) is 6.96. The minimum atomic E-state index is -1.50. The molecule has 4 aliphatic rings. The summed E-state index contributed by atoms with van der Waals surface area (Å²) in [6.07, 6.45) is 9.48. The van der Waals surface area contributed by atoms with Gasteiger partial charge in [-0.1, -0.05) is 12.5 Å². The number of nitrogens with zero attached hydrogens (tertiary/aromatic N) is 1. The molecule has 0 aromatic rings. The molecule has 0 aromatic heterocycles. The molecule has 2 N–H and O–H groups in total. The first-order valence-electron chi connectivity index (χ1n) is 10.0. The van der Waals surface area contributed by atoms with Crippen molar-refractivity contribution >= 4 is 11.6 Å². The van der Waals surface area contributed by atoms with E-state index in [1.807, 2.05) is 6.08 Å². The van der Waals surface area contributed by atoms with Gasteiger partial charge in [0.25, 0.3) is 5.09 Å². The lowest BCUT2D eigenvalue weighted by atomic mass is 9.47. The Morgan fingerprint density at radius 2 is 1.82 bits per heavy atom. The second-order valence-corrected chi connectivity index (χ2v) is 9.24. The van der Waals surface area contributed by atoms with Gasteiger partial charge in [0, 0.05) is 12.0 Å². The molecule has 28 heavy (non-hydrogen) atoms. The van der Waals surface area contributed by atoms with Gasteiger partial charge in [-0.25, -0.2) is 0 Å². The molecule has 4 rings (SSSR count). The van der Waals surface area contributed by atoms with E-state index in [9.17, 15) is 14.7 Å². The molecule has 0 unspecified atom stereocenters. The fraction of sp³-hybridized carbons (Fsp3) is 0.714. The molecule has 3 saturated carbocycles. The third-order valence-electron chi connectivity index (χ3n) is 8.20. The van der Waals surface area contributed by atoms with E-state index in [2.05, 4.69) is 13.8 Å². The maximum Gasteiger partial charge on any atom is 0.291 e. The van der Waals surface area contributed by atoms with E-state index >= 15 is 0 Å². The van der Waals surface area contributed by atoms with Crippen molar-refractivity contribution in [2.24, 2.45) is 34.5 Å². The van der Waals surface area contributed by atoms with Crippen LogP contribution in [0, 0.1) is 44.6 Å². The first-order chi connectivity index (χ1) is 13.0. The second-order valence-electron chi connectivity index (χ2n) is 9.24. The summed E-state index contributed by atoms with van der Waals surface area (Å²) in [4.78, 5) is 33.3. The zero-order valence-electron chi connectivity index (χ0n) is 16.7. The van der Waals surface area contributed by atoms with Crippen molar-refractivity contribution < 1.29 is 25.0 Å². The molecule has 7 heteroatoms. The molecule has 7 nitrogen and oxygen atoms in total. The zero-order chi connectivity index (χ0) is 20.9. The Morgan fingerprint density at radius 3 is 2.43 bits per heavy atom. The summed E-state index contributed by atoms with van der Waals surface area (Å²) in [5.41, 5.74) is 0.809. The molecular formula is C21H29NO6. The topological polar surface area (TPSA) is 118 Å². The molecular weight excluding hydrogens is 362 g/mol. The number of fused-ring (bicyclic) bond motifs is 5. The highest BCUT2D eigenvalue weighted by Gasteiger charge is 2.61. The highest BCUT2D eigenvalue weighted by atomic mass is 16.9. The lowest BCUT2D eigenvalue weighted by Gasteiger charge is -2.56. The van der Waals surface area contributed by atoms with Crippen LogP contribution < -0.4 is 0 Å². The predicted octanol–water partition coefficient (Wildman–Crippen LogP) is 4.04. The molecule has 3 fully saturated rings. The van der Waals surface area contributed by atoms with Crippen LogP contribution in [-0.4, -0.2) is 27.0 Å². The molecule has 0 spiro atoms. The van der Waals surface area contributed by atoms with E-state index in [1.165, 1.54) is 6.08 Å². The van der Waals surface area contributed by atoms with Gasteiger partial charge in [-0.2, -0.15) is 0 Å². The van der Waals surface area contributed by atoms with Crippen molar-refractivity contribution in [3.63, 3.8) is 0 Å². The summed E-state index contributed by atoms with van der Waals surface area (Å²) in [5.74, 6) is 2.21. The van der Waals surface area contributed by atoms with Crippen molar-refractivity contribution in [3.8, 4) is 0 Å². The van der Waals surface area contributed by atoms with E-state index in [0.29, 0.717) is 23.5 Å². The van der Waals surface area contributed by atoms with Crippen molar-refractivity contribution in [1.82, 2.24) is 0 Å². The quantitative estimate of drug-likeness (QED) is 0.514. The molecule has 0 radical (unpaired) electrons. The molecule has 4 aliphatic carbocycles. The first kappa shape index (κ1) is 20.6. The molecule has 0 saturated heterocycles. The van der Waals surface area contributed by atoms with Crippen molar-refractivity contribution in [3.05, 3.63) is 33.6 Å². The number of rotatable bonds is 1. The highest BCUT2D eigenvalue weighted by molar-refractivity contribution is 5.99. The largest absolute Gasteiger partial charge is 0.508 e. The highest BCUT2D eigenvalue weighted by Crippen LogP contribution is 2.66. The second kappa shape index (κ2) is 7.01. The number of carbonyl (C=O) groups excluding carboxylic acids is 2. The molecule has 0 heterocycles. The van der Waals surface area contributed by atoms with Crippen LogP contribution >= 0.6 is 0 Å². The van der Waals surface area contributed by atoms with Gasteiger partial charge >= 0.3 is 0 Å². The SMILES string of the molecule is CC(=O)[C@H]1CC[C@H]2[C@@H]3CCC4=CC(O)=CC(=O)[C@]4(C)[C@H]3CC[C@]12C.O=[N+]([O-])O. The number of aliphatic hydroxyl groups is 1. The van der Waals surface area contributed by atoms with Crippen molar-refractivity contribution in [2.75, 3.05) is 0 Å². The third kappa shape index (κ3) is 3.05. The van der Waals surface area contributed by atoms with Gasteiger partial charge in [-0.3, -0.25) is 9.59 Å². The van der Waals surface area contributed by atoms with Crippen LogP contribution in [0.5, 0.6) is 0 Å². The Balaban J connectivity index is 0.000000516. The van der Waals surface area contributed by atoms with Crippen LogP contribution in [0.15, 0.2) is 23.5 Å². The van der Waals surface area contributed by atoms with Crippen LogP contribution in [0.4, 0.5) is 0 Å². The summed E-state index contributed by atoms with van der Waals surface area (Å²) < 4.78 is 0. The number of hydrogen-bond acceptors (Lipinski definition) is 5. The molecule has 0 bridgehead atoms. The maximum atomic E-state index is 12.8. The smallest absolute Gasteiger partial charge is 0.291 e. The minimum Gasteiger partial charge on any atom is -0.508 e. The predicted molar refractivity (Wildman–Crippen MR) is 101 cm³/mol. The van der Waals surface area contributed by atoms with Crippen LogP contribution in [0.2, 0.25) is 0 Å². The molecule has 6 atom stereocenters. The Hall–Kier alpha value is -2.18. The molecule has 0 aliphatic heterocycles. The van der Waals surface area contributed by atoms with Gasteiger partial charge in [-0.15, -0.1) is 10.1 Å². The van der Waals surface area contributed by atoms with Crippen LogP contribution in [-0.2, 0) is 9.59 Å². The number of carbonyl (C=O) groups is 2. The van der Waals surface area contributed by atoms with Gasteiger partial charge in [0.1, 0.15) is 11.5 Å². The normalized spacial score (nSPS) is 41.3. The van der Waals surface area contributed by atoms with Gasteiger partial charge < -0.3 is 10.3 Å². The minimum absolute atomic E-state index is 0.0805. The number of Topliss-reactive ketones (excluding diaryl/α,β-unsaturated/α-hetero) is 1. The van der Waals surface area contributed by atoms with E-state index in [0.717, 1.165) is 44.1 Å². The van der Waals surface area contributed by atoms with Gasteiger partial charge in [0.05, 0.1) is 5.41 Å². The van der Waals surface area contributed by atoms with E-state index < -0.39 is 10.5 Å². The summed E-state index contributed by atoms with van der Waals surface area (Å²) in [6.45, 7) is 6.18. The summed E-state index contributed by atoms with van der Waals surface area (Å²) >= 11 is 0. The van der Waals surface area contributed by atoms with E-state index in [4.69, 9.17) is 15.3 Å². The van der Waals surface area contributed by atoms with Gasteiger partial charge in [0.2, 0.25) is 0 Å². The molecule has 0 aromatic carbocycles. The summed E-state index contributed by atoms with van der Waals surface area (Å²) in [6, 6.07) is 0.